The normalized spacial score (nSPS) is 11.4. The summed E-state index contributed by atoms with van der Waals surface area (Å²) < 4.78 is 3.03. The van der Waals surface area contributed by atoms with Gasteiger partial charge in [-0.05, 0) is 42.5 Å². The van der Waals surface area contributed by atoms with Crippen molar-refractivity contribution in [1.29, 1.82) is 0 Å². The fraction of sp³-hybridized carbons (Fsp3) is 0. The molecule has 0 aliphatic rings. The van der Waals surface area contributed by atoms with Crippen LogP contribution in [-0.4, -0.2) is 24.1 Å². The lowest BCUT2D eigenvalue weighted by Gasteiger charge is -2.11. The third-order valence-corrected chi connectivity index (χ3v) is 4.82. The molecule has 0 radical (unpaired) electrons. The van der Waals surface area contributed by atoms with Gasteiger partial charge in [-0.2, -0.15) is 4.68 Å². The molecule has 0 unspecified atom stereocenters. The highest BCUT2D eigenvalue weighted by atomic mass is 35.5. The van der Waals surface area contributed by atoms with E-state index in [0.717, 1.165) is 11.1 Å². The largest absolute Gasteiger partial charge is 0.315 e. The van der Waals surface area contributed by atoms with Crippen molar-refractivity contribution in [2.45, 2.75) is 0 Å². The molecule has 3 heterocycles. The van der Waals surface area contributed by atoms with Crippen molar-refractivity contribution in [2.24, 2.45) is 0 Å². The van der Waals surface area contributed by atoms with Crippen molar-refractivity contribution in [3.05, 3.63) is 87.4 Å². The van der Waals surface area contributed by atoms with Gasteiger partial charge in [0.05, 0.1) is 16.7 Å². The van der Waals surface area contributed by atoms with Crippen molar-refractivity contribution in [1.82, 2.24) is 24.1 Å². The van der Waals surface area contributed by atoms with E-state index in [-0.39, 0.29) is 11.2 Å². The Morgan fingerprint density at radius 2 is 1.61 bits per heavy atom. The van der Waals surface area contributed by atoms with Crippen LogP contribution in [0.4, 0.5) is 0 Å². The number of nitrogens with zero attached hydrogens (tertiary/aromatic N) is 5. The molecule has 2 aromatic carbocycles. The molecule has 5 aromatic rings. The van der Waals surface area contributed by atoms with Crippen molar-refractivity contribution in [3.63, 3.8) is 0 Å². The molecule has 5 rings (SSSR count). The predicted molar refractivity (Wildman–Crippen MR) is 109 cm³/mol. The van der Waals surface area contributed by atoms with Crippen molar-refractivity contribution in [3.8, 4) is 17.1 Å². The number of hydrogen-bond donors (Lipinski definition) is 0. The lowest BCUT2D eigenvalue weighted by molar-refractivity contribution is 0.787. The van der Waals surface area contributed by atoms with Gasteiger partial charge in [0.1, 0.15) is 0 Å². The van der Waals surface area contributed by atoms with E-state index in [2.05, 4.69) is 15.1 Å². The van der Waals surface area contributed by atoms with Crippen molar-refractivity contribution < 1.29 is 0 Å². The predicted octanol–water partition coefficient (Wildman–Crippen LogP) is 4.40. The first-order chi connectivity index (χ1) is 13.6. The highest BCUT2D eigenvalue weighted by molar-refractivity contribution is 6.34. The van der Waals surface area contributed by atoms with Gasteiger partial charge >= 0.3 is 5.56 Å². The summed E-state index contributed by atoms with van der Waals surface area (Å²) in [5, 5.41) is 5.45. The van der Waals surface area contributed by atoms with Gasteiger partial charge in [-0.15, -0.1) is 5.10 Å². The SMILES string of the molecule is O=c1c2nc3ccccc3n2c(-c2ccncc2)nn1-c1cc(Cl)cc(Cl)c1. The first kappa shape index (κ1) is 16.9. The van der Waals surface area contributed by atoms with Crippen LogP contribution in [0.1, 0.15) is 0 Å². The number of pyridine rings is 1. The number of hydrogen-bond acceptors (Lipinski definition) is 4. The summed E-state index contributed by atoms with van der Waals surface area (Å²) >= 11 is 12.3. The molecule has 8 heteroatoms. The highest BCUT2D eigenvalue weighted by Crippen LogP contribution is 2.25. The fourth-order valence-electron chi connectivity index (χ4n) is 3.19. The van der Waals surface area contributed by atoms with Gasteiger partial charge in [0.25, 0.3) is 0 Å². The third-order valence-electron chi connectivity index (χ3n) is 4.38. The topological polar surface area (TPSA) is 65.1 Å². The molecule has 0 atom stereocenters. The Kier molecular flexibility index (Phi) is 3.89. The molecule has 6 nitrogen and oxygen atoms in total. The van der Waals surface area contributed by atoms with Crippen LogP contribution in [0, 0.1) is 0 Å². The average molecular weight is 408 g/mol. The Labute approximate surface area is 168 Å². The molecule has 0 N–H and O–H groups in total. The van der Waals surface area contributed by atoms with Gasteiger partial charge < -0.3 is 0 Å². The molecule has 0 aliphatic carbocycles. The number of imidazole rings is 1. The quantitative estimate of drug-likeness (QED) is 0.434. The molecule has 3 aromatic heterocycles. The van der Waals surface area contributed by atoms with E-state index in [1.54, 1.807) is 35.0 Å². The smallest absolute Gasteiger partial charge is 0.270 e. The molecule has 0 amide bonds. The first-order valence-corrected chi connectivity index (χ1v) is 9.15. The molecule has 0 saturated heterocycles. The molecule has 136 valence electrons. The van der Waals surface area contributed by atoms with E-state index in [1.165, 1.54) is 4.68 Å². The van der Waals surface area contributed by atoms with Gasteiger partial charge in [0.15, 0.2) is 5.82 Å². The molecule has 0 spiro atoms. The lowest BCUT2D eigenvalue weighted by Crippen LogP contribution is -2.25. The monoisotopic (exact) mass is 407 g/mol. The van der Waals surface area contributed by atoms with Gasteiger partial charge in [0, 0.05) is 28.0 Å². The molecular weight excluding hydrogens is 397 g/mol. The Bertz CT molecular complexity index is 1390. The van der Waals surface area contributed by atoms with Crippen LogP contribution in [-0.2, 0) is 0 Å². The number of benzene rings is 2. The van der Waals surface area contributed by atoms with Crippen LogP contribution in [0.25, 0.3) is 33.8 Å². The molecule has 0 saturated carbocycles. The van der Waals surface area contributed by atoms with E-state index < -0.39 is 0 Å². The average Bonchev–Trinajstić information content (AvgIpc) is 3.09. The fourth-order valence-corrected chi connectivity index (χ4v) is 3.70. The Morgan fingerprint density at radius 1 is 0.893 bits per heavy atom. The maximum atomic E-state index is 13.2. The number of fused-ring (bicyclic) bond motifs is 3. The second-order valence-corrected chi connectivity index (χ2v) is 7.04. The van der Waals surface area contributed by atoms with E-state index in [0.29, 0.717) is 27.1 Å². The first-order valence-electron chi connectivity index (χ1n) is 8.39. The number of aromatic nitrogens is 5. The maximum absolute atomic E-state index is 13.2. The van der Waals surface area contributed by atoms with Crippen molar-refractivity contribution in [2.75, 3.05) is 0 Å². The summed E-state index contributed by atoms with van der Waals surface area (Å²) in [6.07, 6.45) is 3.35. The zero-order valence-electron chi connectivity index (χ0n) is 14.3. The third kappa shape index (κ3) is 2.66. The summed E-state index contributed by atoms with van der Waals surface area (Å²) in [5.41, 5.74) is 2.66. The van der Waals surface area contributed by atoms with E-state index in [4.69, 9.17) is 23.2 Å². The highest BCUT2D eigenvalue weighted by Gasteiger charge is 2.18. The zero-order valence-corrected chi connectivity index (χ0v) is 15.8. The van der Waals surface area contributed by atoms with Crippen molar-refractivity contribution >= 4 is 39.9 Å². The number of halogens is 2. The second kappa shape index (κ2) is 6.44. The molecule has 0 bridgehead atoms. The van der Waals surface area contributed by atoms with Crippen LogP contribution in [0.3, 0.4) is 0 Å². The standard InChI is InChI=1S/C20H11Cl2N5O/c21-13-9-14(22)11-15(10-13)27-20(28)19-24-16-3-1-2-4-17(16)26(19)18(25-27)12-5-7-23-8-6-12/h1-11H. The Hall–Kier alpha value is -3.22. The summed E-state index contributed by atoms with van der Waals surface area (Å²) in [6.45, 7) is 0. The lowest BCUT2D eigenvalue weighted by atomic mass is 10.2. The van der Waals surface area contributed by atoms with Crippen LogP contribution in [0.15, 0.2) is 71.8 Å². The van der Waals surface area contributed by atoms with E-state index in [1.807, 2.05) is 36.4 Å². The maximum Gasteiger partial charge on any atom is 0.315 e. The minimum atomic E-state index is -0.368. The minimum absolute atomic E-state index is 0.263. The molecule has 0 aliphatic heterocycles. The zero-order chi connectivity index (χ0) is 19.3. The van der Waals surface area contributed by atoms with E-state index in [9.17, 15) is 4.79 Å². The Morgan fingerprint density at radius 3 is 2.36 bits per heavy atom. The van der Waals surface area contributed by atoms with Gasteiger partial charge in [-0.1, -0.05) is 35.3 Å². The number of rotatable bonds is 2. The van der Waals surface area contributed by atoms with E-state index >= 15 is 0 Å². The van der Waals surface area contributed by atoms with Crippen LogP contribution in [0.2, 0.25) is 10.0 Å². The van der Waals surface area contributed by atoms with Gasteiger partial charge in [-0.3, -0.25) is 14.2 Å². The van der Waals surface area contributed by atoms with Crippen LogP contribution >= 0.6 is 23.2 Å². The van der Waals surface area contributed by atoms with Crippen LogP contribution < -0.4 is 5.56 Å². The summed E-state index contributed by atoms with van der Waals surface area (Å²) in [5.74, 6) is 0.557. The van der Waals surface area contributed by atoms with Gasteiger partial charge in [-0.25, -0.2) is 4.98 Å². The van der Waals surface area contributed by atoms with Crippen LogP contribution in [0.5, 0.6) is 0 Å². The van der Waals surface area contributed by atoms with Gasteiger partial charge in [0.2, 0.25) is 5.65 Å². The second-order valence-electron chi connectivity index (χ2n) is 6.16. The summed E-state index contributed by atoms with van der Waals surface area (Å²) in [4.78, 5) is 21.8. The Balaban J connectivity index is 1.95. The summed E-state index contributed by atoms with van der Waals surface area (Å²) in [6, 6.07) is 16.1. The number of para-hydroxylation sites is 2. The molecule has 28 heavy (non-hydrogen) atoms. The molecule has 0 fully saturated rings. The minimum Gasteiger partial charge on any atom is -0.270 e. The summed E-state index contributed by atoms with van der Waals surface area (Å²) in [7, 11) is 0. The molecular formula is C20H11Cl2N5O.